The van der Waals surface area contributed by atoms with Gasteiger partial charge < -0.3 is 38.4 Å². The van der Waals surface area contributed by atoms with Crippen LogP contribution in [0.4, 0.5) is 0 Å². The fraction of sp³-hybridized carbons (Fsp3) is 0.174. The first kappa shape index (κ1) is 40.6. The lowest BCUT2D eigenvalue weighted by molar-refractivity contribution is -0.147. The van der Waals surface area contributed by atoms with Gasteiger partial charge in [0.25, 0.3) is 0 Å². The molecule has 0 aliphatic heterocycles. The number of carbonyl (C=O) groups excluding carboxylic acids is 2. The van der Waals surface area contributed by atoms with Crippen LogP contribution in [0.25, 0.3) is 44.6 Å². The summed E-state index contributed by atoms with van der Waals surface area (Å²) in [6.07, 6.45) is 3.60. The minimum Gasteiger partial charge on any atom is -0.486 e. The number of nitrogens with one attached hydrogen (secondary N) is 2. The van der Waals surface area contributed by atoms with Crippen LogP contribution in [0.2, 0.25) is 0 Å². The zero-order chi connectivity index (χ0) is 40.7. The minimum absolute atomic E-state index is 0.109. The molecule has 12 nitrogen and oxygen atoms in total. The molecule has 2 atom stereocenters. The number of hydrogen-bond acceptors (Lipinski definition) is 12. The molecule has 0 fully saturated rings. The summed E-state index contributed by atoms with van der Waals surface area (Å²) in [7, 11) is 0. The molecule has 0 aliphatic rings. The molecule has 0 aliphatic carbocycles. The van der Waals surface area contributed by atoms with Gasteiger partial charge in [0.05, 0.1) is 10.8 Å². The number of para-hydroxylation sites is 2. The van der Waals surface area contributed by atoms with E-state index in [0.717, 1.165) is 23.3 Å². The van der Waals surface area contributed by atoms with E-state index in [4.69, 9.17) is 27.8 Å². The normalized spacial score (nSPS) is 12.2. The van der Waals surface area contributed by atoms with E-state index >= 15 is 0 Å². The Hall–Kier alpha value is -7.02. The maximum Gasteiger partial charge on any atom is 0.331 e. The summed E-state index contributed by atoms with van der Waals surface area (Å²) in [5.74, 6) is -0.301. The Morgan fingerprint density at radius 1 is 0.586 bits per heavy atom. The first-order valence-corrected chi connectivity index (χ1v) is 18.6. The van der Waals surface area contributed by atoms with Crippen LogP contribution in [-0.2, 0) is 19.1 Å². The van der Waals surface area contributed by atoms with Crippen LogP contribution in [0.3, 0.4) is 0 Å². The second-order valence-corrected chi connectivity index (χ2v) is 12.9. The molecule has 4 aromatic carbocycles. The molecule has 0 saturated carbocycles. The number of fused-ring (bicyclic) bond motifs is 2. The molecule has 6 aromatic rings. The lowest BCUT2D eigenvalue weighted by Gasteiger charge is -2.19. The monoisotopic (exact) mass is 782 g/mol. The fourth-order valence-electron chi connectivity index (χ4n) is 5.89. The predicted octanol–water partition coefficient (Wildman–Crippen LogP) is 6.62. The molecule has 0 spiro atoms. The highest BCUT2D eigenvalue weighted by atomic mass is 16.6. The van der Waals surface area contributed by atoms with E-state index in [1.54, 1.807) is 48.6 Å². The fourth-order valence-corrected chi connectivity index (χ4v) is 5.89. The summed E-state index contributed by atoms with van der Waals surface area (Å²) >= 11 is 0. The molecular formula is C46H42N2O10. The number of esters is 2. The van der Waals surface area contributed by atoms with Gasteiger partial charge in [0.1, 0.15) is 36.9 Å². The van der Waals surface area contributed by atoms with Crippen molar-refractivity contribution in [3.63, 3.8) is 0 Å². The van der Waals surface area contributed by atoms with Crippen LogP contribution >= 0.6 is 0 Å². The molecule has 0 amide bonds. The molecule has 6 rings (SSSR count). The van der Waals surface area contributed by atoms with Gasteiger partial charge in [-0.25, -0.2) is 9.59 Å². The van der Waals surface area contributed by atoms with Gasteiger partial charge >= 0.3 is 11.9 Å². The highest BCUT2D eigenvalue weighted by molar-refractivity contribution is 5.92. The average molecular weight is 783 g/mol. The topological polar surface area (TPSA) is 156 Å². The second kappa shape index (κ2) is 20.2. The van der Waals surface area contributed by atoms with Gasteiger partial charge in [-0.3, -0.25) is 9.59 Å². The molecule has 2 N–H and O–H groups in total. The van der Waals surface area contributed by atoms with Crippen molar-refractivity contribution in [1.82, 2.24) is 10.6 Å². The molecule has 2 heterocycles. The third kappa shape index (κ3) is 10.8. The highest BCUT2D eigenvalue weighted by Crippen LogP contribution is 2.30. The van der Waals surface area contributed by atoms with Crippen LogP contribution in [-0.4, -0.2) is 63.5 Å². The summed E-state index contributed by atoms with van der Waals surface area (Å²) in [6.45, 7) is 8.44. The quantitative estimate of drug-likeness (QED) is 0.0370. The van der Waals surface area contributed by atoms with Crippen LogP contribution in [0, 0.1) is 0 Å². The number of hydrogen-bond donors (Lipinski definition) is 2. The predicted molar refractivity (Wildman–Crippen MR) is 222 cm³/mol. The molecule has 2 unspecified atom stereocenters. The third-order valence-corrected chi connectivity index (χ3v) is 8.65. The van der Waals surface area contributed by atoms with E-state index in [1.807, 2.05) is 60.7 Å². The zero-order valence-corrected chi connectivity index (χ0v) is 31.6. The van der Waals surface area contributed by atoms with Crippen LogP contribution in [0.5, 0.6) is 11.5 Å². The summed E-state index contributed by atoms with van der Waals surface area (Å²) in [5, 5.41) is 6.88. The molecule has 0 radical (unpaired) electrons. The van der Waals surface area contributed by atoms with Crippen molar-refractivity contribution in [3.05, 3.63) is 167 Å². The zero-order valence-electron chi connectivity index (χ0n) is 31.6. The Morgan fingerprint density at radius 2 is 1.00 bits per heavy atom. The summed E-state index contributed by atoms with van der Waals surface area (Å²) in [5.41, 5.74) is 1.50. The van der Waals surface area contributed by atoms with Gasteiger partial charge in [-0.2, -0.15) is 0 Å². The summed E-state index contributed by atoms with van der Waals surface area (Å²) in [6, 6.07) is 31.3. The molecular weight excluding hydrogens is 741 g/mol. The molecule has 0 saturated heterocycles. The molecule has 0 bridgehead atoms. The summed E-state index contributed by atoms with van der Waals surface area (Å²) in [4.78, 5) is 51.9. The van der Waals surface area contributed by atoms with Gasteiger partial charge in [0.2, 0.25) is 0 Å². The van der Waals surface area contributed by atoms with Gasteiger partial charge in [0.15, 0.2) is 33.5 Å². The Balaban J connectivity index is 1.11. The van der Waals surface area contributed by atoms with E-state index in [0.29, 0.717) is 35.4 Å². The van der Waals surface area contributed by atoms with E-state index in [9.17, 15) is 19.2 Å². The Bertz CT molecular complexity index is 2340. The van der Waals surface area contributed by atoms with E-state index in [1.165, 1.54) is 12.1 Å². The van der Waals surface area contributed by atoms with Crippen LogP contribution in [0.15, 0.2) is 165 Å². The van der Waals surface area contributed by atoms with Crippen molar-refractivity contribution >= 4 is 33.9 Å². The van der Waals surface area contributed by atoms with Crippen molar-refractivity contribution in [3.8, 4) is 34.1 Å². The van der Waals surface area contributed by atoms with Gasteiger partial charge in [-0.05, 0) is 24.3 Å². The number of benzene rings is 4. The standard InChI is InChI=1S/C46H42N2O10/c1-3-23-47-27-33(29-53-39-19-11-17-35-37(49)25-41(57-45(35)39)31-13-7-5-8-14-31)55-43(51)21-22-44(52)56-34(28-48-24-4-2)30-54-40-20-12-18-36-38(50)26-42(58-46(36)40)32-15-9-6-10-16-32/h3-22,25-26,33-34,47-48H,1-2,23-24,27-30H2/b22-21-. The average Bonchev–Trinajstić information content (AvgIpc) is 3.24. The Labute approximate surface area is 334 Å². The van der Waals surface area contributed by atoms with Gasteiger partial charge in [-0.15, -0.1) is 13.2 Å². The Morgan fingerprint density at radius 3 is 1.40 bits per heavy atom. The van der Waals surface area contributed by atoms with Gasteiger partial charge in [-0.1, -0.05) is 84.9 Å². The maximum atomic E-state index is 13.0. The number of ether oxygens (including phenoxy) is 4. The number of rotatable bonds is 20. The van der Waals surface area contributed by atoms with E-state index in [-0.39, 0.29) is 59.8 Å². The maximum absolute atomic E-state index is 13.0. The smallest absolute Gasteiger partial charge is 0.331 e. The molecule has 58 heavy (non-hydrogen) atoms. The lowest BCUT2D eigenvalue weighted by Crippen LogP contribution is -2.36. The molecule has 12 heteroatoms. The lowest BCUT2D eigenvalue weighted by atomic mass is 10.1. The van der Waals surface area contributed by atoms with E-state index in [2.05, 4.69) is 23.8 Å². The minimum atomic E-state index is -0.820. The second-order valence-electron chi connectivity index (χ2n) is 12.9. The molecule has 2 aromatic heterocycles. The van der Waals surface area contributed by atoms with Crippen molar-refractivity contribution in [1.29, 1.82) is 0 Å². The van der Waals surface area contributed by atoms with Crippen molar-refractivity contribution < 1.29 is 37.4 Å². The SMILES string of the molecule is C=CCNCC(COc1cccc2c(=O)cc(-c3ccccc3)oc12)OC(=O)/C=C\C(=O)OC(CNCC=C)COc1cccc2c(=O)cc(-c3ccccc3)oc12. The first-order valence-electron chi connectivity index (χ1n) is 18.6. The van der Waals surface area contributed by atoms with Crippen molar-refractivity contribution in [2.24, 2.45) is 0 Å². The van der Waals surface area contributed by atoms with Crippen LogP contribution < -0.4 is 31.0 Å². The van der Waals surface area contributed by atoms with Crippen LogP contribution in [0.1, 0.15) is 0 Å². The van der Waals surface area contributed by atoms with Crippen molar-refractivity contribution in [2.45, 2.75) is 12.2 Å². The highest BCUT2D eigenvalue weighted by Gasteiger charge is 2.20. The Kier molecular flexibility index (Phi) is 14.2. The third-order valence-electron chi connectivity index (χ3n) is 8.65. The number of carbonyl (C=O) groups is 2. The largest absolute Gasteiger partial charge is 0.486 e. The molecule has 296 valence electrons. The van der Waals surface area contributed by atoms with E-state index < -0.39 is 24.1 Å². The summed E-state index contributed by atoms with van der Waals surface area (Å²) < 4.78 is 35.7. The van der Waals surface area contributed by atoms with Gasteiger partial charge in [0, 0.05) is 61.6 Å². The van der Waals surface area contributed by atoms with Crippen molar-refractivity contribution in [2.75, 3.05) is 39.4 Å². The first-order chi connectivity index (χ1) is 28.3.